The normalized spacial score (nSPS) is 17.8. The highest BCUT2D eigenvalue weighted by molar-refractivity contribution is 6.23. The van der Waals surface area contributed by atoms with Crippen molar-refractivity contribution in [1.82, 2.24) is 0 Å². The number of aromatic hydroxyl groups is 2. The topological polar surface area (TPSA) is 89.9 Å². The second-order valence-corrected chi connectivity index (χ2v) is 5.00. The molecule has 2 aromatic carbocycles. The van der Waals surface area contributed by atoms with Crippen LogP contribution in [-0.4, -0.2) is 28.1 Å². The van der Waals surface area contributed by atoms with Crippen LogP contribution in [-0.2, 0) is 9.59 Å². The van der Waals surface area contributed by atoms with Gasteiger partial charge in [0.15, 0.2) is 0 Å². The number of phenolic OH excluding ortho intramolecular Hbond substituents is 2. The van der Waals surface area contributed by atoms with Gasteiger partial charge in [0.2, 0.25) is 5.91 Å². The van der Waals surface area contributed by atoms with Crippen LogP contribution in [0.25, 0.3) is 0 Å². The van der Waals surface area contributed by atoms with Crippen LogP contribution < -0.4 is 10.2 Å². The van der Waals surface area contributed by atoms with Crippen molar-refractivity contribution >= 4 is 23.2 Å². The first kappa shape index (κ1) is 13.9. The van der Waals surface area contributed by atoms with Crippen molar-refractivity contribution in [3.8, 4) is 11.5 Å². The molecule has 22 heavy (non-hydrogen) atoms. The van der Waals surface area contributed by atoms with Crippen LogP contribution in [0.4, 0.5) is 11.4 Å². The molecule has 0 aromatic heterocycles. The first-order valence-electron chi connectivity index (χ1n) is 6.76. The van der Waals surface area contributed by atoms with Crippen molar-refractivity contribution < 1.29 is 19.8 Å². The molecule has 1 fully saturated rings. The Morgan fingerprint density at radius 3 is 2.36 bits per heavy atom. The minimum atomic E-state index is -0.727. The van der Waals surface area contributed by atoms with Crippen molar-refractivity contribution in [2.75, 3.05) is 10.2 Å². The number of hydrogen-bond acceptors (Lipinski definition) is 5. The van der Waals surface area contributed by atoms with Gasteiger partial charge in [-0.3, -0.25) is 9.59 Å². The number of nitrogens with one attached hydrogen (secondary N) is 1. The van der Waals surface area contributed by atoms with Gasteiger partial charge >= 0.3 is 0 Å². The van der Waals surface area contributed by atoms with Gasteiger partial charge in [0.25, 0.3) is 5.91 Å². The van der Waals surface area contributed by atoms with E-state index in [1.54, 1.807) is 18.2 Å². The number of carbonyl (C=O) groups is 2. The maximum Gasteiger partial charge on any atom is 0.256 e. The molecule has 0 aliphatic carbocycles. The quantitative estimate of drug-likeness (QED) is 0.594. The summed E-state index contributed by atoms with van der Waals surface area (Å²) in [5, 5.41) is 21.9. The van der Waals surface area contributed by atoms with Gasteiger partial charge in [-0.05, 0) is 36.4 Å². The van der Waals surface area contributed by atoms with E-state index < -0.39 is 6.04 Å². The molecule has 3 rings (SSSR count). The summed E-state index contributed by atoms with van der Waals surface area (Å²) in [7, 11) is 0. The summed E-state index contributed by atoms with van der Waals surface area (Å²) in [6.45, 7) is 0. The van der Waals surface area contributed by atoms with E-state index in [1.807, 2.05) is 0 Å². The lowest BCUT2D eigenvalue weighted by molar-refractivity contribution is -0.121. The third-order valence-electron chi connectivity index (χ3n) is 3.49. The number of imide groups is 1. The first-order valence-corrected chi connectivity index (χ1v) is 6.76. The Balaban J connectivity index is 1.82. The Kier molecular flexibility index (Phi) is 3.42. The van der Waals surface area contributed by atoms with Gasteiger partial charge < -0.3 is 15.5 Å². The van der Waals surface area contributed by atoms with Crippen molar-refractivity contribution in [1.29, 1.82) is 0 Å². The van der Waals surface area contributed by atoms with Crippen molar-refractivity contribution in [3.63, 3.8) is 0 Å². The number of anilines is 2. The molecule has 0 saturated carbocycles. The summed E-state index contributed by atoms with van der Waals surface area (Å²) in [5.41, 5.74) is 0.815. The first-order chi connectivity index (χ1) is 10.6. The molecular weight excluding hydrogens is 284 g/mol. The molecule has 6 heteroatoms. The molecule has 3 N–H and O–H groups in total. The molecule has 1 atom stereocenters. The fourth-order valence-corrected chi connectivity index (χ4v) is 2.40. The lowest BCUT2D eigenvalue weighted by atomic mass is 10.2. The molecule has 2 amide bonds. The van der Waals surface area contributed by atoms with Crippen LogP contribution in [0.1, 0.15) is 6.42 Å². The summed E-state index contributed by atoms with van der Waals surface area (Å²) in [5.74, 6) is -0.639. The van der Waals surface area contributed by atoms with Gasteiger partial charge in [0.05, 0.1) is 17.8 Å². The monoisotopic (exact) mass is 298 g/mol. The number of carbonyl (C=O) groups excluding carboxylic acids is 2. The maximum atomic E-state index is 12.4. The number of para-hydroxylation sites is 2. The van der Waals surface area contributed by atoms with Gasteiger partial charge in [-0.2, -0.15) is 0 Å². The lowest BCUT2D eigenvalue weighted by Crippen LogP contribution is -2.34. The molecular formula is C16H14N2O4. The van der Waals surface area contributed by atoms with E-state index in [0.717, 1.165) is 4.90 Å². The smallest absolute Gasteiger partial charge is 0.256 e. The highest BCUT2D eigenvalue weighted by Crippen LogP contribution is 2.28. The molecule has 0 bridgehead atoms. The van der Waals surface area contributed by atoms with Crippen molar-refractivity contribution in [3.05, 3.63) is 48.5 Å². The van der Waals surface area contributed by atoms with E-state index in [9.17, 15) is 19.8 Å². The molecule has 1 heterocycles. The van der Waals surface area contributed by atoms with E-state index in [-0.39, 0.29) is 29.7 Å². The Bertz CT molecular complexity index is 727. The largest absolute Gasteiger partial charge is 0.508 e. The average molecular weight is 298 g/mol. The van der Waals surface area contributed by atoms with E-state index in [2.05, 4.69) is 5.32 Å². The average Bonchev–Trinajstić information content (AvgIpc) is 2.77. The molecule has 6 nitrogen and oxygen atoms in total. The molecule has 1 unspecified atom stereocenters. The van der Waals surface area contributed by atoms with Gasteiger partial charge in [-0.15, -0.1) is 0 Å². The van der Waals surface area contributed by atoms with Crippen LogP contribution in [0.15, 0.2) is 48.5 Å². The second kappa shape index (κ2) is 5.40. The zero-order chi connectivity index (χ0) is 15.7. The van der Waals surface area contributed by atoms with Gasteiger partial charge in [-0.25, -0.2) is 4.90 Å². The Hall–Kier alpha value is -3.02. The van der Waals surface area contributed by atoms with Crippen LogP contribution >= 0.6 is 0 Å². The van der Waals surface area contributed by atoms with Gasteiger partial charge in [0, 0.05) is 0 Å². The molecule has 1 aliphatic rings. The number of benzene rings is 2. The summed E-state index contributed by atoms with van der Waals surface area (Å²) in [6.07, 6.45) is 0.00798. The fourth-order valence-electron chi connectivity index (χ4n) is 2.40. The molecule has 0 spiro atoms. The Morgan fingerprint density at radius 2 is 1.68 bits per heavy atom. The van der Waals surface area contributed by atoms with Crippen molar-refractivity contribution in [2.45, 2.75) is 12.5 Å². The van der Waals surface area contributed by atoms with E-state index >= 15 is 0 Å². The standard InChI is InChI=1S/C16H14N2O4/c19-11-7-5-10(6-8-11)18-15(21)9-13(16(18)22)17-12-3-1-2-4-14(12)20/h1-8,13,17,19-20H,9H2. The third-order valence-corrected chi connectivity index (χ3v) is 3.49. The predicted octanol–water partition coefficient (Wildman–Crippen LogP) is 1.84. The van der Waals surface area contributed by atoms with E-state index in [4.69, 9.17) is 0 Å². The number of nitrogens with zero attached hydrogens (tertiary/aromatic N) is 1. The second-order valence-electron chi connectivity index (χ2n) is 5.00. The molecule has 0 radical (unpaired) electrons. The zero-order valence-electron chi connectivity index (χ0n) is 11.6. The van der Waals surface area contributed by atoms with Crippen LogP contribution in [0, 0.1) is 0 Å². The third kappa shape index (κ3) is 2.46. The number of amides is 2. The lowest BCUT2D eigenvalue weighted by Gasteiger charge is -2.16. The van der Waals surface area contributed by atoms with Crippen LogP contribution in [0.5, 0.6) is 11.5 Å². The van der Waals surface area contributed by atoms with Crippen molar-refractivity contribution in [2.24, 2.45) is 0 Å². The summed E-state index contributed by atoms with van der Waals surface area (Å²) in [6, 6.07) is 11.7. The summed E-state index contributed by atoms with van der Waals surface area (Å²) >= 11 is 0. The predicted molar refractivity (Wildman–Crippen MR) is 80.7 cm³/mol. The maximum absolute atomic E-state index is 12.4. The molecule has 1 aliphatic heterocycles. The highest BCUT2D eigenvalue weighted by Gasteiger charge is 2.39. The van der Waals surface area contributed by atoms with Gasteiger partial charge in [-0.1, -0.05) is 12.1 Å². The highest BCUT2D eigenvalue weighted by atomic mass is 16.3. The van der Waals surface area contributed by atoms with E-state index in [0.29, 0.717) is 11.4 Å². The molecule has 1 saturated heterocycles. The fraction of sp³-hybridized carbons (Fsp3) is 0.125. The zero-order valence-corrected chi connectivity index (χ0v) is 11.6. The minimum absolute atomic E-state index is 0.00798. The Labute approximate surface area is 126 Å². The van der Waals surface area contributed by atoms with Crippen LogP contribution in [0.3, 0.4) is 0 Å². The molecule has 112 valence electrons. The SMILES string of the molecule is O=C1CC(Nc2ccccc2O)C(=O)N1c1ccc(O)cc1. The number of hydrogen-bond donors (Lipinski definition) is 3. The van der Waals surface area contributed by atoms with E-state index in [1.165, 1.54) is 30.3 Å². The number of phenols is 2. The van der Waals surface area contributed by atoms with Gasteiger partial charge in [0.1, 0.15) is 17.5 Å². The number of rotatable bonds is 3. The summed E-state index contributed by atoms with van der Waals surface area (Å²) in [4.78, 5) is 25.6. The summed E-state index contributed by atoms with van der Waals surface area (Å²) < 4.78 is 0. The molecule has 2 aromatic rings. The minimum Gasteiger partial charge on any atom is -0.508 e. The van der Waals surface area contributed by atoms with Crippen LogP contribution in [0.2, 0.25) is 0 Å². The Morgan fingerprint density at radius 1 is 1.00 bits per heavy atom.